The third-order valence-corrected chi connectivity index (χ3v) is 4.57. The maximum Gasteiger partial charge on any atom is 0.302 e. The molecule has 2 aromatic carbocycles. The van der Waals surface area contributed by atoms with E-state index in [2.05, 4.69) is 9.97 Å². The molecule has 0 aliphatic rings. The van der Waals surface area contributed by atoms with Gasteiger partial charge in [-0.05, 0) is 37.1 Å². The van der Waals surface area contributed by atoms with Crippen LogP contribution < -0.4 is 19.8 Å². The van der Waals surface area contributed by atoms with Gasteiger partial charge in [-0.15, -0.1) is 0 Å². The topological polar surface area (TPSA) is 99.7 Å². The largest absolute Gasteiger partial charge is 0.497 e. The summed E-state index contributed by atoms with van der Waals surface area (Å²) in [6, 6.07) is 7.11. The zero-order valence-electron chi connectivity index (χ0n) is 17.6. The minimum Gasteiger partial charge on any atom is -0.497 e. The third-order valence-electron chi connectivity index (χ3n) is 4.57. The van der Waals surface area contributed by atoms with Crippen molar-refractivity contribution in [1.82, 2.24) is 9.97 Å². The molecular formula is C22H24N2O6. The molecule has 0 amide bonds. The maximum absolute atomic E-state index is 12.7. The summed E-state index contributed by atoms with van der Waals surface area (Å²) in [5.41, 5.74) is 2.67. The van der Waals surface area contributed by atoms with Gasteiger partial charge in [-0.25, -0.2) is 4.98 Å². The Hall–Kier alpha value is -3.55. The molecule has 8 nitrogen and oxygen atoms in total. The van der Waals surface area contributed by atoms with Gasteiger partial charge in [0, 0.05) is 24.6 Å². The van der Waals surface area contributed by atoms with Crippen LogP contribution in [0.5, 0.6) is 17.2 Å². The quantitative estimate of drug-likeness (QED) is 0.470. The van der Waals surface area contributed by atoms with E-state index in [9.17, 15) is 9.59 Å². The molecular weight excluding hydrogens is 388 g/mol. The highest BCUT2D eigenvalue weighted by atomic mass is 16.6. The molecule has 3 rings (SSSR count). The molecule has 0 unspecified atom stereocenters. The van der Waals surface area contributed by atoms with Crippen molar-refractivity contribution < 1.29 is 23.7 Å². The number of aromatic amines is 1. The standard InChI is InChI=1S/C22H24N2O6/c1-12-8-15(9-13(2)20(12)30-7-6-29-14(3)25)21-23-17-10-16(27-4)11-18(28-5)19(17)22(26)24-21/h8-11H,6-7H2,1-5H3,(H,23,24,26). The van der Waals surface area contributed by atoms with E-state index >= 15 is 0 Å². The van der Waals surface area contributed by atoms with Gasteiger partial charge in [0.15, 0.2) is 0 Å². The normalized spacial score (nSPS) is 10.7. The summed E-state index contributed by atoms with van der Waals surface area (Å²) in [6.45, 7) is 5.60. The van der Waals surface area contributed by atoms with Crippen molar-refractivity contribution in [3.8, 4) is 28.6 Å². The van der Waals surface area contributed by atoms with E-state index in [0.29, 0.717) is 34.0 Å². The lowest BCUT2D eigenvalue weighted by Crippen LogP contribution is -2.12. The number of fused-ring (bicyclic) bond motifs is 1. The van der Waals surface area contributed by atoms with Gasteiger partial charge in [-0.3, -0.25) is 9.59 Å². The zero-order chi connectivity index (χ0) is 21.8. The van der Waals surface area contributed by atoms with Crippen LogP contribution in [0.25, 0.3) is 22.3 Å². The molecule has 0 atom stereocenters. The fourth-order valence-corrected chi connectivity index (χ4v) is 3.27. The first-order valence-corrected chi connectivity index (χ1v) is 9.38. The number of nitrogens with zero attached hydrogens (tertiary/aromatic N) is 1. The van der Waals surface area contributed by atoms with Crippen LogP contribution in [-0.4, -0.2) is 43.4 Å². The van der Waals surface area contributed by atoms with Gasteiger partial charge in [-0.1, -0.05) is 0 Å². The molecule has 0 saturated heterocycles. The van der Waals surface area contributed by atoms with E-state index in [1.54, 1.807) is 19.2 Å². The molecule has 0 saturated carbocycles. The lowest BCUT2D eigenvalue weighted by Gasteiger charge is -2.14. The summed E-state index contributed by atoms with van der Waals surface area (Å²) >= 11 is 0. The minimum absolute atomic E-state index is 0.180. The Morgan fingerprint density at radius 1 is 1.03 bits per heavy atom. The van der Waals surface area contributed by atoms with Crippen LogP contribution >= 0.6 is 0 Å². The van der Waals surface area contributed by atoms with Crippen LogP contribution in [0.4, 0.5) is 0 Å². The molecule has 158 valence electrons. The number of benzene rings is 2. The Balaban J connectivity index is 1.99. The van der Waals surface area contributed by atoms with Crippen molar-refractivity contribution in [1.29, 1.82) is 0 Å². The Morgan fingerprint density at radius 3 is 2.33 bits per heavy atom. The van der Waals surface area contributed by atoms with Crippen LogP contribution in [-0.2, 0) is 9.53 Å². The van der Waals surface area contributed by atoms with Crippen LogP contribution in [0.1, 0.15) is 18.1 Å². The predicted octanol–water partition coefficient (Wildman–Crippen LogP) is 3.17. The molecule has 0 aliphatic carbocycles. The Labute approximate surface area is 173 Å². The monoisotopic (exact) mass is 412 g/mol. The number of hydrogen-bond acceptors (Lipinski definition) is 7. The van der Waals surface area contributed by atoms with E-state index in [0.717, 1.165) is 16.7 Å². The average Bonchev–Trinajstić information content (AvgIpc) is 2.71. The van der Waals surface area contributed by atoms with Crippen LogP contribution in [0.2, 0.25) is 0 Å². The molecule has 8 heteroatoms. The number of rotatable bonds is 7. The maximum atomic E-state index is 12.7. The highest BCUT2D eigenvalue weighted by molar-refractivity contribution is 5.87. The number of esters is 1. The molecule has 1 aromatic heterocycles. The summed E-state index contributed by atoms with van der Waals surface area (Å²) in [6.07, 6.45) is 0. The number of aryl methyl sites for hydroxylation is 2. The number of methoxy groups -OCH3 is 2. The van der Waals surface area contributed by atoms with E-state index in [4.69, 9.17) is 18.9 Å². The summed E-state index contributed by atoms with van der Waals surface area (Å²) in [4.78, 5) is 31.0. The van der Waals surface area contributed by atoms with Gasteiger partial charge in [-0.2, -0.15) is 0 Å². The molecule has 0 radical (unpaired) electrons. The van der Waals surface area contributed by atoms with E-state index < -0.39 is 0 Å². The number of carbonyl (C=O) groups is 1. The van der Waals surface area contributed by atoms with Gasteiger partial charge in [0.05, 0.1) is 19.7 Å². The van der Waals surface area contributed by atoms with Crippen molar-refractivity contribution >= 4 is 16.9 Å². The molecule has 0 spiro atoms. The van der Waals surface area contributed by atoms with Crippen molar-refractivity contribution in [2.24, 2.45) is 0 Å². The number of carbonyl (C=O) groups excluding carboxylic acids is 1. The highest BCUT2D eigenvalue weighted by Crippen LogP contribution is 2.31. The van der Waals surface area contributed by atoms with Crippen molar-refractivity contribution in [2.45, 2.75) is 20.8 Å². The number of hydrogen-bond donors (Lipinski definition) is 1. The summed E-state index contributed by atoms with van der Waals surface area (Å²) in [5, 5.41) is 0.362. The molecule has 0 aliphatic heterocycles. The molecule has 1 N–H and O–H groups in total. The molecule has 0 bridgehead atoms. The number of H-pyrrole nitrogens is 1. The molecule has 3 aromatic rings. The van der Waals surface area contributed by atoms with Crippen molar-refractivity contribution in [3.63, 3.8) is 0 Å². The van der Waals surface area contributed by atoms with Crippen LogP contribution in [0.15, 0.2) is 29.1 Å². The Morgan fingerprint density at radius 2 is 1.73 bits per heavy atom. The second-order valence-electron chi connectivity index (χ2n) is 6.77. The molecule has 1 heterocycles. The van der Waals surface area contributed by atoms with Crippen LogP contribution in [0, 0.1) is 13.8 Å². The average molecular weight is 412 g/mol. The van der Waals surface area contributed by atoms with Gasteiger partial charge < -0.3 is 23.9 Å². The Kier molecular flexibility index (Phi) is 6.25. The second kappa shape index (κ2) is 8.86. The summed E-state index contributed by atoms with van der Waals surface area (Å²) < 4.78 is 21.3. The smallest absolute Gasteiger partial charge is 0.302 e. The fraction of sp³-hybridized carbons (Fsp3) is 0.318. The van der Waals surface area contributed by atoms with E-state index in [1.165, 1.54) is 14.0 Å². The SMILES string of the molecule is COc1cc(OC)c2c(=O)[nH]c(-c3cc(C)c(OCCOC(C)=O)c(C)c3)nc2c1. The summed E-state index contributed by atoms with van der Waals surface area (Å²) in [5.74, 6) is 1.74. The number of ether oxygens (including phenoxy) is 4. The number of aromatic nitrogens is 2. The van der Waals surface area contributed by atoms with E-state index in [1.807, 2.05) is 26.0 Å². The lowest BCUT2D eigenvalue weighted by atomic mass is 10.0. The lowest BCUT2D eigenvalue weighted by molar-refractivity contribution is -0.141. The van der Waals surface area contributed by atoms with Crippen LogP contribution in [0.3, 0.4) is 0 Å². The fourth-order valence-electron chi connectivity index (χ4n) is 3.27. The van der Waals surface area contributed by atoms with Crippen molar-refractivity contribution in [3.05, 3.63) is 45.7 Å². The first kappa shape index (κ1) is 21.2. The minimum atomic E-state index is -0.345. The first-order chi connectivity index (χ1) is 14.3. The second-order valence-corrected chi connectivity index (χ2v) is 6.77. The predicted molar refractivity (Wildman–Crippen MR) is 113 cm³/mol. The molecule has 30 heavy (non-hydrogen) atoms. The van der Waals surface area contributed by atoms with E-state index in [-0.39, 0.29) is 24.7 Å². The first-order valence-electron chi connectivity index (χ1n) is 9.38. The van der Waals surface area contributed by atoms with Crippen molar-refractivity contribution in [2.75, 3.05) is 27.4 Å². The van der Waals surface area contributed by atoms with Gasteiger partial charge in [0.2, 0.25) is 0 Å². The zero-order valence-corrected chi connectivity index (χ0v) is 17.6. The third kappa shape index (κ3) is 4.37. The van der Waals surface area contributed by atoms with Gasteiger partial charge >= 0.3 is 5.97 Å². The van der Waals surface area contributed by atoms with Gasteiger partial charge in [0.25, 0.3) is 5.56 Å². The molecule has 0 fully saturated rings. The van der Waals surface area contributed by atoms with Gasteiger partial charge in [0.1, 0.15) is 41.7 Å². The summed E-state index contributed by atoms with van der Waals surface area (Å²) in [7, 11) is 3.04. The Bertz CT molecular complexity index is 1130. The highest BCUT2D eigenvalue weighted by Gasteiger charge is 2.15. The number of nitrogens with one attached hydrogen (secondary N) is 1.